The second-order valence-corrected chi connectivity index (χ2v) is 4.61. The van der Waals surface area contributed by atoms with E-state index >= 15 is 0 Å². The summed E-state index contributed by atoms with van der Waals surface area (Å²) in [4.78, 5) is 12.2. The fourth-order valence-electron chi connectivity index (χ4n) is 2.09. The third kappa shape index (κ3) is 2.47. The predicted octanol–water partition coefficient (Wildman–Crippen LogP) is 2.12. The van der Waals surface area contributed by atoms with Crippen molar-refractivity contribution in [3.8, 4) is 11.5 Å². The fourth-order valence-corrected chi connectivity index (χ4v) is 2.09. The van der Waals surface area contributed by atoms with Crippen LogP contribution in [0.1, 0.15) is 12.7 Å². The molecule has 2 atom stereocenters. The molecule has 2 heterocycles. The van der Waals surface area contributed by atoms with Crippen LogP contribution in [0.25, 0.3) is 0 Å². The van der Waals surface area contributed by atoms with Crippen molar-refractivity contribution in [1.29, 1.82) is 0 Å². The number of benzene rings is 1. The van der Waals surface area contributed by atoms with Crippen LogP contribution in [-0.4, -0.2) is 18.1 Å². The van der Waals surface area contributed by atoms with Crippen LogP contribution in [0, 0.1) is 0 Å². The Bertz CT molecular complexity index is 594. The third-order valence-corrected chi connectivity index (χ3v) is 3.12. The van der Waals surface area contributed by atoms with E-state index in [1.165, 1.54) is 0 Å². The number of hydrogen-bond donors (Lipinski definition) is 1. The zero-order valence-electron chi connectivity index (χ0n) is 11.0. The number of furan rings is 1. The lowest BCUT2D eigenvalue weighted by Crippen LogP contribution is -2.48. The molecule has 0 fully saturated rings. The molecule has 0 radical (unpaired) electrons. The van der Waals surface area contributed by atoms with E-state index in [1.54, 1.807) is 24.5 Å². The highest BCUT2D eigenvalue weighted by Gasteiger charge is 2.33. The third-order valence-electron chi connectivity index (χ3n) is 3.12. The van der Waals surface area contributed by atoms with E-state index in [2.05, 4.69) is 5.32 Å². The fraction of sp³-hybridized carbons (Fsp3) is 0.267. The number of carbonyl (C=O) groups excluding carboxylic acids is 1. The van der Waals surface area contributed by atoms with Gasteiger partial charge in [-0.15, -0.1) is 0 Å². The van der Waals surface area contributed by atoms with Crippen LogP contribution in [0.15, 0.2) is 47.1 Å². The van der Waals surface area contributed by atoms with Crippen LogP contribution >= 0.6 is 0 Å². The first-order valence-electron chi connectivity index (χ1n) is 6.46. The standard InChI is InChI=1S/C15H15NO4/c1-10-14(15(17)16-9-11-5-4-8-18-11)20-13-7-3-2-6-12(13)19-10/h2-8,10,14H,9H2,1H3,(H,16,17)/t10-,14+/m0/s1. The molecule has 2 aromatic rings. The molecule has 0 saturated heterocycles. The number of nitrogens with one attached hydrogen (secondary N) is 1. The van der Waals surface area contributed by atoms with E-state index < -0.39 is 6.10 Å². The SMILES string of the molecule is C[C@@H]1Oc2ccccc2O[C@H]1C(=O)NCc1ccco1. The maximum Gasteiger partial charge on any atom is 0.265 e. The number of para-hydroxylation sites is 2. The minimum Gasteiger partial charge on any atom is -0.482 e. The average Bonchev–Trinajstić information content (AvgIpc) is 2.97. The molecule has 0 unspecified atom stereocenters. The summed E-state index contributed by atoms with van der Waals surface area (Å²) in [5, 5.41) is 2.78. The van der Waals surface area contributed by atoms with Crippen LogP contribution in [0.2, 0.25) is 0 Å². The van der Waals surface area contributed by atoms with Crippen molar-refractivity contribution in [3.63, 3.8) is 0 Å². The zero-order valence-corrected chi connectivity index (χ0v) is 11.0. The second kappa shape index (κ2) is 5.28. The molecule has 1 N–H and O–H groups in total. The van der Waals surface area contributed by atoms with Gasteiger partial charge >= 0.3 is 0 Å². The summed E-state index contributed by atoms with van der Waals surface area (Å²) in [5.41, 5.74) is 0. The molecule has 1 aromatic heterocycles. The van der Waals surface area contributed by atoms with Gasteiger partial charge in [0, 0.05) is 0 Å². The van der Waals surface area contributed by atoms with Gasteiger partial charge in [0.15, 0.2) is 11.5 Å². The Labute approximate surface area is 116 Å². The first kappa shape index (κ1) is 12.6. The summed E-state index contributed by atoms with van der Waals surface area (Å²) in [6.07, 6.45) is 0.557. The molecule has 0 bridgehead atoms. The van der Waals surface area contributed by atoms with Crippen LogP contribution < -0.4 is 14.8 Å². The lowest BCUT2D eigenvalue weighted by atomic mass is 10.1. The van der Waals surface area contributed by atoms with Gasteiger partial charge in [-0.2, -0.15) is 0 Å². The summed E-state index contributed by atoms with van der Waals surface area (Å²) in [5.74, 6) is 1.73. The number of amides is 1. The highest BCUT2D eigenvalue weighted by Crippen LogP contribution is 2.33. The molecular formula is C15H15NO4. The molecule has 5 nitrogen and oxygen atoms in total. The highest BCUT2D eigenvalue weighted by molar-refractivity contribution is 5.82. The minimum atomic E-state index is -0.667. The monoisotopic (exact) mass is 273 g/mol. The van der Waals surface area contributed by atoms with E-state index in [4.69, 9.17) is 13.9 Å². The molecule has 1 aliphatic heterocycles. The Hall–Kier alpha value is -2.43. The molecule has 5 heteroatoms. The normalized spacial score (nSPS) is 20.4. The van der Waals surface area contributed by atoms with E-state index in [0.29, 0.717) is 23.8 Å². The number of rotatable bonds is 3. The Balaban J connectivity index is 1.66. The van der Waals surface area contributed by atoms with E-state index in [1.807, 2.05) is 25.1 Å². The average molecular weight is 273 g/mol. The van der Waals surface area contributed by atoms with Gasteiger partial charge < -0.3 is 19.2 Å². The van der Waals surface area contributed by atoms with Crippen molar-refractivity contribution < 1.29 is 18.7 Å². The van der Waals surface area contributed by atoms with Gasteiger partial charge in [-0.1, -0.05) is 12.1 Å². The van der Waals surface area contributed by atoms with Crippen LogP contribution in [0.5, 0.6) is 11.5 Å². The molecule has 104 valence electrons. The van der Waals surface area contributed by atoms with Gasteiger partial charge in [0.1, 0.15) is 11.9 Å². The summed E-state index contributed by atoms with van der Waals surface area (Å²) < 4.78 is 16.6. The number of hydrogen-bond acceptors (Lipinski definition) is 4. The lowest BCUT2D eigenvalue weighted by molar-refractivity contribution is -0.133. The van der Waals surface area contributed by atoms with Crippen molar-refractivity contribution in [2.75, 3.05) is 0 Å². The zero-order chi connectivity index (χ0) is 13.9. The van der Waals surface area contributed by atoms with Crippen molar-refractivity contribution >= 4 is 5.91 Å². The molecule has 1 aliphatic rings. The Morgan fingerprint density at radius 3 is 2.60 bits per heavy atom. The smallest absolute Gasteiger partial charge is 0.265 e. The van der Waals surface area contributed by atoms with Crippen LogP contribution in [-0.2, 0) is 11.3 Å². The predicted molar refractivity (Wildman–Crippen MR) is 71.5 cm³/mol. The van der Waals surface area contributed by atoms with Gasteiger partial charge in [0.2, 0.25) is 6.10 Å². The van der Waals surface area contributed by atoms with E-state index in [-0.39, 0.29) is 12.0 Å². The van der Waals surface area contributed by atoms with Gasteiger partial charge in [-0.25, -0.2) is 0 Å². The van der Waals surface area contributed by atoms with Crippen molar-refractivity contribution in [1.82, 2.24) is 5.32 Å². The summed E-state index contributed by atoms with van der Waals surface area (Å²) in [7, 11) is 0. The number of carbonyl (C=O) groups is 1. The molecular weight excluding hydrogens is 258 g/mol. The molecule has 20 heavy (non-hydrogen) atoms. The van der Waals surface area contributed by atoms with Crippen molar-refractivity contribution in [2.24, 2.45) is 0 Å². The Morgan fingerprint density at radius 1 is 1.15 bits per heavy atom. The maximum atomic E-state index is 12.2. The van der Waals surface area contributed by atoms with E-state index in [0.717, 1.165) is 0 Å². The Morgan fingerprint density at radius 2 is 1.90 bits per heavy atom. The maximum absolute atomic E-state index is 12.2. The van der Waals surface area contributed by atoms with Gasteiger partial charge in [-0.3, -0.25) is 4.79 Å². The quantitative estimate of drug-likeness (QED) is 0.930. The van der Waals surface area contributed by atoms with E-state index in [9.17, 15) is 4.79 Å². The molecule has 1 aromatic carbocycles. The van der Waals surface area contributed by atoms with Gasteiger partial charge in [-0.05, 0) is 31.2 Å². The highest BCUT2D eigenvalue weighted by atomic mass is 16.6. The van der Waals surface area contributed by atoms with Gasteiger partial charge in [0.05, 0.1) is 12.8 Å². The van der Waals surface area contributed by atoms with Gasteiger partial charge in [0.25, 0.3) is 5.91 Å². The van der Waals surface area contributed by atoms with Crippen LogP contribution in [0.4, 0.5) is 0 Å². The lowest BCUT2D eigenvalue weighted by Gasteiger charge is -2.30. The van der Waals surface area contributed by atoms with Crippen LogP contribution in [0.3, 0.4) is 0 Å². The molecule has 0 saturated carbocycles. The van der Waals surface area contributed by atoms with Crippen molar-refractivity contribution in [2.45, 2.75) is 25.7 Å². The molecule has 0 aliphatic carbocycles. The number of ether oxygens (including phenoxy) is 2. The topological polar surface area (TPSA) is 60.7 Å². The summed E-state index contributed by atoms with van der Waals surface area (Å²) >= 11 is 0. The largest absolute Gasteiger partial charge is 0.482 e. The second-order valence-electron chi connectivity index (χ2n) is 4.61. The Kier molecular flexibility index (Phi) is 3.33. The number of fused-ring (bicyclic) bond motifs is 1. The summed E-state index contributed by atoms with van der Waals surface area (Å²) in [6.45, 7) is 2.15. The molecule has 3 rings (SSSR count). The van der Waals surface area contributed by atoms with Crippen molar-refractivity contribution in [3.05, 3.63) is 48.4 Å². The first-order chi connectivity index (χ1) is 9.74. The molecule has 1 amide bonds. The first-order valence-corrected chi connectivity index (χ1v) is 6.46. The minimum absolute atomic E-state index is 0.219. The molecule has 0 spiro atoms. The summed E-state index contributed by atoms with van der Waals surface area (Å²) in [6, 6.07) is 10.9.